The first-order valence-electron chi connectivity index (χ1n) is 9.20. The second kappa shape index (κ2) is 6.37. The van der Waals surface area contributed by atoms with Gasteiger partial charge in [-0.1, -0.05) is 22.9 Å². The number of carbonyl (C=O) groups excluding carboxylic acids is 1. The van der Waals surface area contributed by atoms with Crippen LogP contribution in [0.1, 0.15) is 29.4 Å². The van der Waals surface area contributed by atoms with Gasteiger partial charge in [-0.3, -0.25) is 4.79 Å². The molecule has 0 spiro atoms. The summed E-state index contributed by atoms with van der Waals surface area (Å²) in [5.74, 6) is 2.28. The van der Waals surface area contributed by atoms with Gasteiger partial charge in [0, 0.05) is 24.2 Å². The Kier molecular flexibility index (Phi) is 3.82. The van der Waals surface area contributed by atoms with E-state index in [0.29, 0.717) is 36.2 Å². The largest absolute Gasteiger partial charge is 0.454 e. The quantitative estimate of drug-likeness (QED) is 0.694. The molecule has 3 aromatic rings. The standard InChI is InChI=1S/C21H19N3O4/c1-12-3-5-16(13(2)7-12)24-10-15(9-19(24)25)21-22-20(23-28-21)14-4-6-17-18(8-14)27-11-26-17/h3-8,15H,9-11H2,1-2H3. The molecule has 0 aliphatic carbocycles. The van der Waals surface area contributed by atoms with Gasteiger partial charge in [0.1, 0.15) is 0 Å². The van der Waals surface area contributed by atoms with Crippen molar-refractivity contribution in [3.8, 4) is 22.9 Å². The molecule has 142 valence electrons. The molecule has 2 aliphatic rings. The summed E-state index contributed by atoms with van der Waals surface area (Å²) in [6, 6.07) is 11.6. The molecule has 1 unspecified atom stereocenters. The molecule has 1 fully saturated rings. The Bertz CT molecular complexity index is 1080. The van der Waals surface area contributed by atoms with E-state index in [1.165, 1.54) is 5.56 Å². The lowest BCUT2D eigenvalue weighted by atomic mass is 10.1. The predicted octanol–water partition coefficient (Wildman–Crippen LogP) is 3.60. The smallest absolute Gasteiger partial charge is 0.232 e. The van der Waals surface area contributed by atoms with Gasteiger partial charge < -0.3 is 18.9 Å². The van der Waals surface area contributed by atoms with E-state index in [4.69, 9.17) is 14.0 Å². The van der Waals surface area contributed by atoms with E-state index in [1.54, 1.807) is 0 Å². The number of hydrogen-bond acceptors (Lipinski definition) is 6. The molecule has 0 saturated carbocycles. The van der Waals surface area contributed by atoms with Crippen molar-refractivity contribution in [1.82, 2.24) is 10.1 Å². The number of carbonyl (C=O) groups is 1. The lowest BCUT2D eigenvalue weighted by Gasteiger charge is -2.19. The minimum Gasteiger partial charge on any atom is -0.454 e. The van der Waals surface area contributed by atoms with Crippen molar-refractivity contribution in [1.29, 1.82) is 0 Å². The normalized spacial score (nSPS) is 18.1. The monoisotopic (exact) mass is 377 g/mol. The van der Waals surface area contributed by atoms with Gasteiger partial charge in [0.05, 0.1) is 5.92 Å². The highest BCUT2D eigenvalue weighted by molar-refractivity contribution is 5.97. The van der Waals surface area contributed by atoms with Crippen LogP contribution < -0.4 is 14.4 Å². The fourth-order valence-electron chi connectivity index (χ4n) is 3.77. The third-order valence-electron chi connectivity index (χ3n) is 5.19. The Balaban J connectivity index is 1.38. The number of benzene rings is 2. The van der Waals surface area contributed by atoms with E-state index >= 15 is 0 Å². The molecule has 0 bridgehead atoms. The summed E-state index contributed by atoms with van der Waals surface area (Å²) in [6.45, 7) is 4.81. The van der Waals surface area contributed by atoms with Crippen LogP contribution in [0.3, 0.4) is 0 Å². The zero-order valence-electron chi connectivity index (χ0n) is 15.6. The average molecular weight is 377 g/mol. The van der Waals surface area contributed by atoms with Crippen molar-refractivity contribution in [3.05, 3.63) is 53.4 Å². The van der Waals surface area contributed by atoms with Crippen LogP contribution in [0, 0.1) is 13.8 Å². The van der Waals surface area contributed by atoms with Crippen molar-refractivity contribution < 1.29 is 18.8 Å². The lowest BCUT2D eigenvalue weighted by molar-refractivity contribution is -0.117. The van der Waals surface area contributed by atoms with Gasteiger partial charge in [-0.25, -0.2) is 0 Å². The van der Waals surface area contributed by atoms with Crippen LogP contribution in [0.15, 0.2) is 40.9 Å². The second-order valence-electron chi connectivity index (χ2n) is 7.22. The van der Waals surface area contributed by atoms with Crippen LogP contribution in [-0.4, -0.2) is 29.4 Å². The first-order chi connectivity index (χ1) is 13.6. The van der Waals surface area contributed by atoms with Crippen molar-refractivity contribution in [2.75, 3.05) is 18.2 Å². The van der Waals surface area contributed by atoms with Crippen molar-refractivity contribution in [2.45, 2.75) is 26.2 Å². The number of amides is 1. The Labute approximate surface area is 161 Å². The Morgan fingerprint density at radius 3 is 2.79 bits per heavy atom. The van der Waals surface area contributed by atoms with Crippen LogP contribution in [-0.2, 0) is 4.79 Å². The van der Waals surface area contributed by atoms with Crippen LogP contribution in [0.2, 0.25) is 0 Å². The highest BCUT2D eigenvalue weighted by Gasteiger charge is 2.35. The number of ether oxygens (including phenoxy) is 2. The average Bonchev–Trinajstić information content (AvgIpc) is 3.40. The van der Waals surface area contributed by atoms with Gasteiger partial charge in [0.2, 0.25) is 24.4 Å². The molecule has 0 N–H and O–H groups in total. The topological polar surface area (TPSA) is 77.7 Å². The number of aromatic nitrogens is 2. The van der Waals surface area contributed by atoms with E-state index < -0.39 is 0 Å². The molecule has 2 aromatic carbocycles. The molecule has 7 nitrogen and oxygen atoms in total. The summed E-state index contributed by atoms with van der Waals surface area (Å²) in [6.07, 6.45) is 0.357. The van der Waals surface area contributed by atoms with E-state index in [0.717, 1.165) is 16.8 Å². The molecule has 5 rings (SSSR count). The zero-order valence-corrected chi connectivity index (χ0v) is 15.6. The van der Waals surface area contributed by atoms with Crippen LogP contribution in [0.5, 0.6) is 11.5 Å². The summed E-state index contributed by atoms with van der Waals surface area (Å²) >= 11 is 0. The van der Waals surface area contributed by atoms with Crippen LogP contribution in [0.25, 0.3) is 11.4 Å². The fraction of sp³-hybridized carbons (Fsp3) is 0.286. The van der Waals surface area contributed by atoms with Gasteiger partial charge in [-0.15, -0.1) is 0 Å². The van der Waals surface area contributed by atoms with E-state index in [9.17, 15) is 4.79 Å². The summed E-state index contributed by atoms with van der Waals surface area (Å²) in [7, 11) is 0. The molecule has 3 heterocycles. The number of hydrogen-bond donors (Lipinski definition) is 0. The van der Waals surface area contributed by atoms with Gasteiger partial charge in [0.25, 0.3) is 0 Å². The van der Waals surface area contributed by atoms with Gasteiger partial charge in [0.15, 0.2) is 11.5 Å². The molecule has 2 aliphatic heterocycles. The third kappa shape index (κ3) is 2.79. The number of nitrogens with zero attached hydrogens (tertiary/aromatic N) is 3. The molecule has 1 amide bonds. The van der Waals surface area contributed by atoms with Crippen LogP contribution >= 0.6 is 0 Å². The number of rotatable bonds is 3. The maximum Gasteiger partial charge on any atom is 0.232 e. The van der Waals surface area contributed by atoms with Crippen molar-refractivity contribution in [3.63, 3.8) is 0 Å². The molecule has 1 aromatic heterocycles. The Morgan fingerprint density at radius 2 is 1.93 bits per heavy atom. The first kappa shape index (κ1) is 16.8. The van der Waals surface area contributed by atoms with Gasteiger partial charge in [-0.2, -0.15) is 4.98 Å². The highest BCUT2D eigenvalue weighted by Crippen LogP contribution is 2.37. The summed E-state index contributed by atoms with van der Waals surface area (Å²) in [4.78, 5) is 18.9. The zero-order chi connectivity index (χ0) is 19.3. The molecule has 0 radical (unpaired) electrons. The molecule has 7 heteroatoms. The fourth-order valence-corrected chi connectivity index (χ4v) is 3.77. The van der Waals surface area contributed by atoms with Gasteiger partial charge >= 0.3 is 0 Å². The molecule has 1 atom stereocenters. The maximum atomic E-state index is 12.6. The van der Waals surface area contributed by atoms with Gasteiger partial charge in [-0.05, 0) is 43.7 Å². The lowest BCUT2D eigenvalue weighted by Crippen LogP contribution is -2.25. The van der Waals surface area contributed by atoms with Crippen LogP contribution in [0.4, 0.5) is 5.69 Å². The van der Waals surface area contributed by atoms with Crippen molar-refractivity contribution >= 4 is 11.6 Å². The molecular weight excluding hydrogens is 358 g/mol. The first-order valence-corrected chi connectivity index (χ1v) is 9.20. The SMILES string of the molecule is Cc1ccc(N2CC(c3nc(-c4ccc5c(c4)OCO5)no3)CC2=O)c(C)c1. The minimum atomic E-state index is -0.122. The number of aryl methyl sites for hydroxylation is 2. The Morgan fingerprint density at radius 1 is 1.07 bits per heavy atom. The minimum absolute atomic E-state index is 0.0692. The van der Waals surface area contributed by atoms with E-state index in [2.05, 4.69) is 16.2 Å². The van der Waals surface area contributed by atoms with E-state index in [1.807, 2.05) is 49.1 Å². The number of anilines is 1. The molecule has 1 saturated heterocycles. The maximum absolute atomic E-state index is 12.6. The number of fused-ring (bicyclic) bond motifs is 1. The third-order valence-corrected chi connectivity index (χ3v) is 5.19. The second-order valence-corrected chi connectivity index (χ2v) is 7.22. The summed E-state index contributed by atoms with van der Waals surface area (Å²) in [5, 5.41) is 4.10. The van der Waals surface area contributed by atoms with Crippen molar-refractivity contribution in [2.24, 2.45) is 0 Å². The predicted molar refractivity (Wildman–Crippen MR) is 101 cm³/mol. The summed E-state index contributed by atoms with van der Waals surface area (Å²) < 4.78 is 16.2. The molecular formula is C21H19N3O4. The van der Waals surface area contributed by atoms with E-state index in [-0.39, 0.29) is 18.6 Å². The Hall–Kier alpha value is -3.35. The summed E-state index contributed by atoms with van der Waals surface area (Å²) in [5.41, 5.74) is 3.98. The molecule has 28 heavy (non-hydrogen) atoms. The highest BCUT2D eigenvalue weighted by atomic mass is 16.7.